The molecule has 204 valence electrons. The zero-order chi connectivity index (χ0) is 28.8. The maximum absolute atomic E-state index is 6.00. The van der Waals surface area contributed by atoms with Crippen LogP contribution in [0.25, 0.3) is 88.4 Å². The maximum Gasteiger partial charge on any atom is 0.159 e. The standard InChI is InChI=1S/C37H20N6O/c1-2-4-26-25(3-1)30-17-40-36(21-6-5-20-13-23-16-38-11-9-24(23)28(20)14-21)42-34(30)35-31(26)18-41-37(43-35)22-7-8-32-29(15-22)27-10-12-39-19-33(27)44-32/h1-12,14-19H,13H2. The summed E-state index contributed by atoms with van der Waals surface area (Å²) in [6.45, 7) is 0. The maximum atomic E-state index is 6.00. The lowest BCUT2D eigenvalue weighted by Crippen LogP contribution is -1.97. The first-order valence-corrected chi connectivity index (χ1v) is 14.5. The van der Waals surface area contributed by atoms with Crippen molar-refractivity contribution < 1.29 is 4.42 Å². The Bertz CT molecular complexity index is 2660. The van der Waals surface area contributed by atoms with Crippen molar-refractivity contribution >= 4 is 54.5 Å². The SMILES string of the molecule is c1ccc2c(c1)c1cnc(-c3ccc4c(c3)-c3ccncc3C4)nc1c1nc(-c3ccc4oc5cnccc5c4c3)ncc21. The highest BCUT2D eigenvalue weighted by molar-refractivity contribution is 6.23. The Morgan fingerprint density at radius 1 is 0.500 bits per heavy atom. The van der Waals surface area contributed by atoms with Crippen LogP contribution in [0.4, 0.5) is 0 Å². The van der Waals surface area contributed by atoms with Crippen molar-refractivity contribution in [2.45, 2.75) is 6.42 Å². The Morgan fingerprint density at radius 2 is 1.20 bits per heavy atom. The Labute approximate surface area is 249 Å². The zero-order valence-electron chi connectivity index (χ0n) is 23.2. The molecular weight excluding hydrogens is 544 g/mol. The van der Waals surface area contributed by atoms with Gasteiger partial charge in [0.1, 0.15) is 16.6 Å². The number of pyridine rings is 2. The van der Waals surface area contributed by atoms with Crippen LogP contribution in [0, 0.1) is 0 Å². The average Bonchev–Trinajstić information content (AvgIpc) is 3.65. The summed E-state index contributed by atoms with van der Waals surface area (Å²) in [6.07, 6.45) is 12.1. The van der Waals surface area contributed by atoms with E-state index in [4.69, 9.17) is 24.4 Å². The minimum atomic E-state index is 0.627. The highest BCUT2D eigenvalue weighted by Crippen LogP contribution is 2.39. The quantitative estimate of drug-likeness (QED) is 0.195. The molecule has 0 aliphatic heterocycles. The highest BCUT2D eigenvalue weighted by Gasteiger charge is 2.20. The van der Waals surface area contributed by atoms with Crippen molar-refractivity contribution in [3.8, 4) is 33.9 Å². The predicted octanol–water partition coefficient (Wildman–Crippen LogP) is 8.32. The second-order valence-corrected chi connectivity index (χ2v) is 11.2. The van der Waals surface area contributed by atoms with Gasteiger partial charge in [0, 0.05) is 70.1 Å². The average molecular weight is 565 g/mol. The molecule has 0 atom stereocenters. The minimum Gasteiger partial charge on any atom is -0.454 e. The topological polar surface area (TPSA) is 90.5 Å². The van der Waals surface area contributed by atoms with Gasteiger partial charge in [-0.05, 0) is 69.4 Å². The first kappa shape index (κ1) is 23.5. The molecule has 7 nitrogen and oxygen atoms in total. The van der Waals surface area contributed by atoms with Crippen molar-refractivity contribution in [3.63, 3.8) is 0 Å². The van der Waals surface area contributed by atoms with Crippen LogP contribution < -0.4 is 0 Å². The summed E-state index contributed by atoms with van der Waals surface area (Å²) in [6, 6.07) is 24.9. The number of nitrogens with zero attached hydrogens (tertiary/aromatic N) is 6. The fourth-order valence-electron chi connectivity index (χ4n) is 6.68. The van der Waals surface area contributed by atoms with Crippen molar-refractivity contribution in [3.05, 3.63) is 121 Å². The molecule has 10 rings (SSSR count). The van der Waals surface area contributed by atoms with E-state index in [9.17, 15) is 0 Å². The molecule has 0 fully saturated rings. The van der Waals surface area contributed by atoms with Gasteiger partial charge >= 0.3 is 0 Å². The minimum absolute atomic E-state index is 0.627. The van der Waals surface area contributed by atoms with Gasteiger partial charge in [0.15, 0.2) is 17.2 Å². The van der Waals surface area contributed by atoms with Crippen LogP contribution in [0.2, 0.25) is 0 Å². The molecule has 0 unspecified atom stereocenters. The molecule has 0 radical (unpaired) electrons. The summed E-state index contributed by atoms with van der Waals surface area (Å²) in [5, 5.41) is 6.09. The van der Waals surface area contributed by atoms with E-state index in [0.717, 1.165) is 72.1 Å². The van der Waals surface area contributed by atoms with Crippen molar-refractivity contribution in [2.75, 3.05) is 0 Å². The molecule has 0 spiro atoms. The number of rotatable bonds is 2. The van der Waals surface area contributed by atoms with Gasteiger partial charge in [-0.15, -0.1) is 0 Å². The van der Waals surface area contributed by atoms with Crippen LogP contribution in [0.15, 0.2) is 114 Å². The summed E-state index contributed by atoms with van der Waals surface area (Å²) < 4.78 is 6.00. The number of hydrogen-bond donors (Lipinski definition) is 0. The Hall–Kier alpha value is -6.08. The third kappa shape index (κ3) is 3.32. The molecule has 0 saturated carbocycles. The van der Waals surface area contributed by atoms with E-state index in [1.165, 1.54) is 22.3 Å². The molecule has 0 bridgehead atoms. The molecule has 0 amide bonds. The van der Waals surface area contributed by atoms with Crippen molar-refractivity contribution in [1.29, 1.82) is 0 Å². The molecular formula is C37H20N6O. The van der Waals surface area contributed by atoms with Crippen LogP contribution in [-0.2, 0) is 6.42 Å². The van der Waals surface area contributed by atoms with E-state index in [2.05, 4.69) is 52.4 Å². The van der Waals surface area contributed by atoms with Crippen LogP contribution in [0.5, 0.6) is 0 Å². The fraction of sp³-hybridized carbons (Fsp3) is 0.0270. The Kier molecular flexibility index (Phi) is 4.65. The molecule has 4 aromatic carbocycles. The summed E-state index contributed by atoms with van der Waals surface area (Å²) in [5.74, 6) is 1.29. The van der Waals surface area contributed by atoms with Gasteiger partial charge in [-0.2, -0.15) is 0 Å². The van der Waals surface area contributed by atoms with Gasteiger partial charge in [-0.1, -0.05) is 36.4 Å². The Balaban J connectivity index is 1.20. The molecule has 44 heavy (non-hydrogen) atoms. The third-order valence-electron chi connectivity index (χ3n) is 8.78. The van der Waals surface area contributed by atoms with E-state index in [1.54, 1.807) is 12.4 Å². The van der Waals surface area contributed by atoms with Gasteiger partial charge in [-0.25, -0.2) is 19.9 Å². The van der Waals surface area contributed by atoms with Gasteiger partial charge in [0.2, 0.25) is 0 Å². The number of furan rings is 1. The fourth-order valence-corrected chi connectivity index (χ4v) is 6.68. The van der Waals surface area contributed by atoms with Gasteiger partial charge < -0.3 is 4.42 Å². The second-order valence-electron chi connectivity index (χ2n) is 11.2. The molecule has 5 heterocycles. The predicted molar refractivity (Wildman–Crippen MR) is 172 cm³/mol. The molecule has 0 saturated heterocycles. The van der Waals surface area contributed by atoms with E-state index in [-0.39, 0.29) is 0 Å². The monoisotopic (exact) mass is 564 g/mol. The first-order chi connectivity index (χ1) is 21.8. The van der Waals surface area contributed by atoms with E-state index in [0.29, 0.717) is 11.6 Å². The summed E-state index contributed by atoms with van der Waals surface area (Å²) in [4.78, 5) is 28.6. The molecule has 1 aliphatic rings. The molecule has 1 aliphatic carbocycles. The van der Waals surface area contributed by atoms with E-state index in [1.807, 2.05) is 55.1 Å². The van der Waals surface area contributed by atoms with Gasteiger partial charge in [0.05, 0.1) is 6.20 Å². The molecule has 0 N–H and O–H groups in total. The van der Waals surface area contributed by atoms with Crippen molar-refractivity contribution in [2.24, 2.45) is 0 Å². The number of benzene rings is 4. The summed E-state index contributed by atoms with van der Waals surface area (Å²) in [7, 11) is 0. The largest absolute Gasteiger partial charge is 0.454 e. The van der Waals surface area contributed by atoms with E-state index < -0.39 is 0 Å². The molecule has 5 aromatic heterocycles. The number of hydrogen-bond acceptors (Lipinski definition) is 7. The second kappa shape index (κ2) is 8.72. The normalized spacial score (nSPS) is 12.5. The summed E-state index contributed by atoms with van der Waals surface area (Å²) >= 11 is 0. The summed E-state index contributed by atoms with van der Waals surface area (Å²) in [5.41, 5.74) is 10.0. The lowest BCUT2D eigenvalue weighted by atomic mass is 10.0. The lowest BCUT2D eigenvalue weighted by molar-refractivity contribution is 0.667. The van der Waals surface area contributed by atoms with Crippen LogP contribution in [0.3, 0.4) is 0 Å². The van der Waals surface area contributed by atoms with Gasteiger partial charge in [-0.3, -0.25) is 9.97 Å². The smallest absolute Gasteiger partial charge is 0.159 e. The zero-order valence-corrected chi connectivity index (χ0v) is 23.2. The van der Waals surface area contributed by atoms with Gasteiger partial charge in [0.25, 0.3) is 0 Å². The number of aromatic nitrogens is 6. The number of fused-ring (bicyclic) bond motifs is 12. The molecule has 9 aromatic rings. The third-order valence-corrected chi connectivity index (χ3v) is 8.78. The lowest BCUT2D eigenvalue weighted by Gasteiger charge is -2.11. The molecule has 7 heteroatoms. The van der Waals surface area contributed by atoms with E-state index >= 15 is 0 Å². The highest BCUT2D eigenvalue weighted by atomic mass is 16.3. The van der Waals surface area contributed by atoms with Crippen LogP contribution in [-0.4, -0.2) is 29.9 Å². The Morgan fingerprint density at radius 3 is 2.00 bits per heavy atom. The first-order valence-electron chi connectivity index (χ1n) is 14.5. The van der Waals surface area contributed by atoms with Crippen molar-refractivity contribution in [1.82, 2.24) is 29.9 Å². The van der Waals surface area contributed by atoms with Crippen LogP contribution >= 0.6 is 0 Å². The van der Waals surface area contributed by atoms with Crippen LogP contribution in [0.1, 0.15) is 11.1 Å².